The molecule has 0 aliphatic carbocycles. The van der Waals surface area contributed by atoms with E-state index in [-0.39, 0.29) is 5.91 Å². The number of carbonyl (C=O) groups excluding carboxylic acids is 1. The molecule has 1 N–H and O–H groups in total. The van der Waals surface area contributed by atoms with Crippen LogP contribution in [0.25, 0.3) is 0 Å². The van der Waals surface area contributed by atoms with Gasteiger partial charge in [0.1, 0.15) is 0 Å². The highest BCUT2D eigenvalue weighted by Crippen LogP contribution is 2.24. The average Bonchev–Trinajstić information content (AvgIpc) is 2.68. The molecule has 0 fully saturated rings. The van der Waals surface area contributed by atoms with Gasteiger partial charge in [-0.15, -0.1) is 11.8 Å². The van der Waals surface area contributed by atoms with E-state index < -0.39 is 0 Å². The highest BCUT2D eigenvalue weighted by atomic mass is 32.2. The predicted molar refractivity (Wildman–Crippen MR) is 112 cm³/mol. The molecule has 3 rings (SSSR count). The Bertz CT molecular complexity index is 922. The molecule has 136 valence electrons. The maximum absolute atomic E-state index is 12.5. The summed E-state index contributed by atoms with van der Waals surface area (Å²) in [4.78, 5) is 13.6. The Labute approximate surface area is 163 Å². The standard InChI is InChI=1S/C22H21N3OS/c1-16(2)27-21-10-6-7-17(15-21)22(26)23-18-11-13-20(14-12-18)25-24-19-8-4-3-5-9-19/h3-16H,1-2H3,(H,23,26). The fraction of sp³-hybridized carbons (Fsp3) is 0.136. The van der Waals surface area contributed by atoms with E-state index >= 15 is 0 Å². The number of benzene rings is 3. The summed E-state index contributed by atoms with van der Waals surface area (Å²) < 4.78 is 0. The van der Waals surface area contributed by atoms with Crippen LogP contribution in [0.2, 0.25) is 0 Å². The molecule has 3 aromatic carbocycles. The Balaban J connectivity index is 1.64. The van der Waals surface area contributed by atoms with Gasteiger partial charge < -0.3 is 5.32 Å². The molecule has 0 radical (unpaired) electrons. The number of rotatable bonds is 6. The van der Waals surface area contributed by atoms with Crippen molar-refractivity contribution >= 4 is 34.7 Å². The molecule has 27 heavy (non-hydrogen) atoms. The maximum Gasteiger partial charge on any atom is 0.255 e. The summed E-state index contributed by atoms with van der Waals surface area (Å²) >= 11 is 1.74. The van der Waals surface area contributed by atoms with Crippen molar-refractivity contribution in [1.82, 2.24) is 0 Å². The molecular formula is C22H21N3OS. The minimum atomic E-state index is -0.125. The summed E-state index contributed by atoms with van der Waals surface area (Å²) in [5, 5.41) is 11.8. The van der Waals surface area contributed by atoms with Crippen LogP contribution in [0.5, 0.6) is 0 Å². The smallest absolute Gasteiger partial charge is 0.255 e. The van der Waals surface area contributed by atoms with Crippen LogP contribution in [0.15, 0.2) is 94.0 Å². The van der Waals surface area contributed by atoms with Crippen molar-refractivity contribution in [3.63, 3.8) is 0 Å². The predicted octanol–water partition coefficient (Wildman–Crippen LogP) is 6.85. The van der Waals surface area contributed by atoms with Gasteiger partial charge in [-0.05, 0) is 54.6 Å². The van der Waals surface area contributed by atoms with E-state index in [2.05, 4.69) is 29.4 Å². The minimum absolute atomic E-state index is 0.125. The van der Waals surface area contributed by atoms with Gasteiger partial charge in [0.2, 0.25) is 0 Å². The largest absolute Gasteiger partial charge is 0.322 e. The Morgan fingerprint density at radius 2 is 1.52 bits per heavy atom. The highest BCUT2D eigenvalue weighted by molar-refractivity contribution is 7.99. The number of amides is 1. The first-order valence-corrected chi connectivity index (χ1v) is 9.63. The molecule has 4 nitrogen and oxygen atoms in total. The summed E-state index contributed by atoms with van der Waals surface area (Å²) in [6, 6.07) is 24.5. The highest BCUT2D eigenvalue weighted by Gasteiger charge is 2.08. The molecule has 0 spiro atoms. The van der Waals surface area contributed by atoms with Gasteiger partial charge in [-0.25, -0.2) is 0 Å². The van der Waals surface area contributed by atoms with Gasteiger partial charge in [-0.1, -0.05) is 38.1 Å². The second-order valence-corrected chi connectivity index (χ2v) is 7.88. The Hall–Kier alpha value is -2.92. The van der Waals surface area contributed by atoms with E-state index in [1.807, 2.05) is 78.9 Å². The number of carbonyl (C=O) groups is 1. The second kappa shape index (κ2) is 9.14. The lowest BCUT2D eigenvalue weighted by atomic mass is 10.2. The third-order valence-electron chi connectivity index (χ3n) is 3.63. The average molecular weight is 375 g/mol. The van der Waals surface area contributed by atoms with Crippen LogP contribution in [0.3, 0.4) is 0 Å². The molecule has 0 aromatic heterocycles. The molecule has 1 amide bonds. The number of thioether (sulfide) groups is 1. The first kappa shape index (κ1) is 18.9. The van der Waals surface area contributed by atoms with Crippen molar-refractivity contribution in [2.45, 2.75) is 24.0 Å². The van der Waals surface area contributed by atoms with Crippen molar-refractivity contribution in [3.05, 3.63) is 84.4 Å². The van der Waals surface area contributed by atoms with Crippen molar-refractivity contribution < 1.29 is 4.79 Å². The van der Waals surface area contributed by atoms with Gasteiger partial charge in [-0.2, -0.15) is 10.2 Å². The van der Waals surface area contributed by atoms with Crippen molar-refractivity contribution in [2.75, 3.05) is 5.32 Å². The van der Waals surface area contributed by atoms with E-state index in [9.17, 15) is 4.79 Å². The van der Waals surface area contributed by atoms with Gasteiger partial charge in [0.15, 0.2) is 0 Å². The van der Waals surface area contributed by atoms with E-state index in [0.717, 1.165) is 22.0 Å². The summed E-state index contributed by atoms with van der Waals surface area (Å²) in [7, 11) is 0. The zero-order valence-corrected chi connectivity index (χ0v) is 16.1. The van der Waals surface area contributed by atoms with Gasteiger partial charge >= 0.3 is 0 Å². The fourth-order valence-electron chi connectivity index (χ4n) is 2.41. The van der Waals surface area contributed by atoms with Gasteiger partial charge in [0.05, 0.1) is 11.4 Å². The number of hydrogen-bond donors (Lipinski definition) is 1. The lowest BCUT2D eigenvalue weighted by Gasteiger charge is -2.08. The Morgan fingerprint density at radius 3 is 2.19 bits per heavy atom. The molecule has 0 unspecified atom stereocenters. The number of anilines is 1. The minimum Gasteiger partial charge on any atom is -0.322 e. The first-order valence-electron chi connectivity index (χ1n) is 8.75. The van der Waals surface area contributed by atoms with Crippen LogP contribution in [-0.2, 0) is 0 Å². The zero-order chi connectivity index (χ0) is 19.1. The van der Waals surface area contributed by atoms with Crippen LogP contribution >= 0.6 is 11.8 Å². The SMILES string of the molecule is CC(C)Sc1cccc(C(=O)Nc2ccc(N=Nc3ccccc3)cc2)c1. The van der Waals surface area contributed by atoms with Crippen LogP contribution in [-0.4, -0.2) is 11.2 Å². The first-order chi connectivity index (χ1) is 13.1. The quantitative estimate of drug-likeness (QED) is 0.378. The Kier molecular flexibility index (Phi) is 6.39. The lowest BCUT2D eigenvalue weighted by molar-refractivity contribution is 0.102. The van der Waals surface area contributed by atoms with Gasteiger partial charge in [-0.3, -0.25) is 4.79 Å². The molecule has 0 heterocycles. The Morgan fingerprint density at radius 1 is 0.852 bits per heavy atom. The topological polar surface area (TPSA) is 53.8 Å². The molecule has 0 bridgehead atoms. The fourth-order valence-corrected chi connectivity index (χ4v) is 3.30. The molecule has 0 atom stereocenters. The van der Waals surface area contributed by atoms with E-state index in [4.69, 9.17) is 0 Å². The summed E-state index contributed by atoms with van der Waals surface area (Å²) in [6.45, 7) is 4.27. The normalized spacial score (nSPS) is 11.1. The molecule has 0 aliphatic rings. The molecule has 0 aliphatic heterocycles. The van der Waals surface area contributed by atoms with Gasteiger partial charge in [0.25, 0.3) is 5.91 Å². The van der Waals surface area contributed by atoms with Crippen molar-refractivity contribution in [2.24, 2.45) is 10.2 Å². The lowest BCUT2D eigenvalue weighted by Crippen LogP contribution is -2.11. The number of nitrogens with zero attached hydrogens (tertiary/aromatic N) is 2. The van der Waals surface area contributed by atoms with Crippen molar-refractivity contribution in [3.8, 4) is 0 Å². The molecule has 3 aromatic rings. The molecule has 0 saturated heterocycles. The van der Waals surface area contributed by atoms with E-state index in [0.29, 0.717) is 10.8 Å². The molecule has 0 saturated carbocycles. The van der Waals surface area contributed by atoms with Crippen LogP contribution in [0.1, 0.15) is 24.2 Å². The number of hydrogen-bond acceptors (Lipinski definition) is 4. The molecule has 5 heteroatoms. The van der Waals surface area contributed by atoms with Gasteiger partial charge in [0, 0.05) is 21.4 Å². The molecular weight excluding hydrogens is 354 g/mol. The van der Waals surface area contributed by atoms with Crippen LogP contribution in [0, 0.1) is 0 Å². The maximum atomic E-state index is 12.5. The van der Waals surface area contributed by atoms with Crippen LogP contribution < -0.4 is 5.32 Å². The van der Waals surface area contributed by atoms with Crippen molar-refractivity contribution in [1.29, 1.82) is 0 Å². The third-order valence-corrected chi connectivity index (χ3v) is 4.63. The summed E-state index contributed by atoms with van der Waals surface area (Å²) in [6.07, 6.45) is 0. The monoisotopic (exact) mass is 375 g/mol. The second-order valence-electron chi connectivity index (χ2n) is 6.23. The van der Waals surface area contributed by atoms with E-state index in [1.54, 1.807) is 11.8 Å². The van der Waals surface area contributed by atoms with Crippen LogP contribution in [0.4, 0.5) is 17.1 Å². The summed E-state index contributed by atoms with van der Waals surface area (Å²) in [5.41, 5.74) is 2.90. The van der Waals surface area contributed by atoms with E-state index in [1.165, 1.54) is 0 Å². The third kappa shape index (κ3) is 5.79. The number of nitrogens with one attached hydrogen (secondary N) is 1. The number of azo groups is 1. The zero-order valence-electron chi connectivity index (χ0n) is 15.3. The summed E-state index contributed by atoms with van der Waals surface area (Å²) in [5.74, 6) is -0.125.